The van der Waals surface area contributed by atoms with E-state index >= 15 is 0 Å². The highest BCUT2D eigenvalue weighted by molar-refractivity contribution is 5.91. The first-order valence-corrected chi connectivity index (χ1v) is 8.83. The number of aromatic nitrogens is 2. The van der Waals surface area contributed by atoms with Crippen LogP contribution >= 0.6 is 0 Å². The highest BCUT2D eigenvalue weighted by atomic mass is 16.6. The molecule has 2 aromatic rings. The minimum absolute atomic E-state index is 0.00101. The molecule has 0 radical (unpaired) electrons. The number of nitrogens with one attached hydrogen (secondary N) is 2. The number of amides is 1. The summed E-state index contributed by atoms with van der Waals surface area (Å²) < 4.78 is 11.0. The predicted octanol–water partition coefficient (Wildman–Crippen LogP) is -0.409. The van der Waals surface area contributed by atoms with Gasteiger partial charge in [-0.1, -0.05) is 0 Å². The molecule has 0 aliphatic carbocycles. The Morgan fingerprint density at radius 2 is 1.85 bits per heavy atom. The zero-order valence-electron chi connectivity index (χ0n) is 14.5. The van der Waals surface area contributed by atoms with Crippen LogP contribution in [-0.2, 0) is 4.79 Å². The van der Waals surface area contributed by atoms with Crippen molar-refractivity contribution in [2.75, 3.05) is 56.2 Å². The highest BCUT2D eigenvalue weighted by Gasteiger charge is 2.23. The molecule has 1 amide bonds. The number of hydrogen-bond donors (Lipinski definition) is 2. The number of anilines is 2. The molecule has 0 unspecified atom stereocenters. The molecule has 1 aromatic carbocycles. The van der Waals surface area contributed by atoms with E-state index in [1.807, 2.05) is 24.3 Å². The number of hydrogen-bond acceptors (Lipinski definition) is 6. The fourth-order valence-electron chi connectivity index (χ4n) is 3.21. The van der Waals surface area contributed by atoms with Crippen molar-refractivity contribution in [1.82, 2.24) is 9.97 Å². The monoisotopic (exact) mass is 356 g/mol. The SMILES string of the molecule is O=C(C[NH+]1CCN(c2ncccn2)CC1)Nc1ccc2c(c1)OCCO2. The lowest BCUT2D eigenvalue weighted by Gasteiger charge is -2.31. The molecule has 2 aliphatic rings. The van der Waals surface area contributed by atoms with E-state index in [1.54, 1.807) is 12.4 Å². The Balaban J connectivity index is 1.28. The summed E-state index contributed by atoms with van der Waals surface area (Å²) in [5.41, 5.74) is 0.731. The maximum atomic E-state index is 12.4. The summed E-state index contributed by atoms with van der Waals surface area (Å²) in [5, 5.41) is 2.95. The number of benzene rings is 1. The van der Waals surface area contributed by atoms with Crippen molar-refractivity contribution in [2.45, 2.75) is 0 Å². The second-order valence-electron chi connectivity index (χ2n) is 6.37. The van der Waals surface area contributed by atoms with E-state index in [2.05, 4.69) is 20.2 Å². The molecular formula is C18H22N5O3+. The number of ether oxygens (including phenoxy) is 2. The van der Waals surface area contributed by atoms with Crippen molar-refractivity contribution in [1.29, 1.82) is 0 Å². The summed E-state index contributed by atoms with van der Waals surface area (Å²) in [7, 11) is 0. The van der Waals surface area contributed by atoms with Crippen LogP contribution in [-0.4, -0.2) is 61.8 Å². The van der Waals surface area contributed by atoms with E-state index in [0.717, 1.165) is 43.6 Å². The molecular weight excluding hydrogens is 334 g/mol. The minimum atomic E-state index is 0.00101. The van der Waals surface area contributed by atoms with E-state index < -0.39 is 0 Å². The number of nitrogens with zero attached hydrogens (tertiary/aromatic N) is 3. The lowest BCUT2D eigenvalue weighted by Crippen LogP contribution is -3.15. The van der Waals surface area contributed by atoms with Crippen LogP contribution in [0.4, 0.5) is 11.6 Å². The first-order valence-electron chi connectivity index (χ1n) is 8.83. The van der Waals surface area contributed by atoms with Crippen LogP contribution in [0.5, 0.6) is 11.5 Å². The minimum Gasteiger partial charge on any atom is -0.486 e. The average molecular weight is 356 g/mol. The van der Waals surface area contributed by atoms with Gasteiger partial charge in [-0.25, -0.2) is 9.97 Å². The molecule has 0 atom stereocenters. The van der Waals surface area contributed by atoms with Crippen LogP contribution in [0.25, 0.3) is 0 Å². The second-order valence-corrected chi connectivity index (χ2v) is 6.37. The van der Waals surface area contributed by atoms with Gasteiger partial charge < -0.3 is 24.6 Å². The van der Waals surface area contributed by atoms with Gasteiger partial charge in [-0.15, -0.1) is 0 Å². The van der Waals surface area contributed by atoms with Crippen molar-refractivity contribution in [3.63, 3.8) is 0 Å². The normalized spacial score (nSPS) is 17.0. The van der Waals surface area contributed by atoms with Gasteiger partial charge in [-0.2, -0.15) is 0 Å². The van der Waals surface area contributed by atoms with Gasteiger partial charge in [0.05, 0.1) is 26.2 Å². The van der Waals surface area contributed by atoms with Crippen LogP contribution in [0.1, 0.15) is 0 Å². The molecule has 1 fully saturated rings. The van der Waals surface area contributed by atoms with E-state index in [1.165, 1.54) is 4.90 Å². The fourth-order valence-corrected chi connectivity index (χ4v) is 3.21. The van der Waals surface area contributed by atoms with Crippen molar-refractivity contribution in [3.05, 3.63) is 36.7 Å². The smallest absolute Gasteiger partial charge is 0.279 e. The summed E-state index contributed by atoms with van der Waals surface area (Å²) in [6.07, 6.45) is 3.50. The van der Waals surface area contributed by atoms with Gasteiger partial charge in [-0.3, -0.25) is 4.79 Å². The van der Waals surface area contributed by atoms with Gasteiger partial charge in [0.1, 0.15) is 13.2 Å². The van der Waals surface area contributed by atoms with Crippen LogP contribution in [0.15, 0.2) is 36.7 Å². The maximum absolute atomic E-state index is 12.4. The predicted molar refractivity (Wildman–Crippen MR) is 95.9 cm³/mol. The molecule has 0 spiro atoms. The first-order chi connectivity index (χ1) is 12.8. The van der Waals surface area contributed by atoms with Gasteiger partial charge in [0, 0.05) is 24.1 Å². The van der Waals surface area contributed by atoms with Gasteiger partial charge >= 0.3 is 0 Å². The third-order valence-electron chi connectivity index (χ3n) is 4.54. The standard InChI is InChI=1S/C18H21N5O3/c24-17(21-14-2-3-15-16(12-14)26-11-10-25-15)13-22-6-8-23(9-7-22)18-19-4-1-5-20-18/h1-5,12H,6-11,13H2,(H,21,24)/p+1. The number of quaternary nitrogens is 1. The number of rotatable bonds is 4. The van der Waals surface area contributed by atoms with E-state index in [9.17, 15) is 4.79 Å². The van der Waals surface area contributed by atoms with Crippen molar-refractivity contribution in [3.8, 4) is 11.5 Å². The van der Waals surface area contributed by atoms with E-state index in [-0.39, 0.29) is 5.91 Å². The number of fused-ring (bicyclic) bond motifs is 1. The van der Waals surface area contributed by atoms with Gasteiger partial charge in [-0.05, 0) is 18.2 Å². The Morgan fingerprint density at radius 3 is 2.62 bits per heavy atom. The molecule has 8 heteroatoms. The van der Waals surface area contributed by atoms with Crippen LogP contribution in [0.2, 0.25) is 0 Å². The summed E-state index contributed by atoms with van der Waals surface area (Å²) in [4.78, 5) is 24.3. The molecule has 136 valence electrons. The maximum Gasteiger partial charge on any atom is 0.279 e. The Hall–Kier alpha value is -2.87. The lowest BCUT2D eigenvalue weighted by molar-refractivity contribution is -0.892. The van der Waals surface area contributed by atoms with Crippen molar-refractivity contribution < 1.29 is 19.2 Å². The summed E-state index contributed by atoms with van der Waals surface area (Å²) in [6.45, 7) is 4.98. The number of carbonyl (C=O) groups excluding carboxylic acids is 1. The van der Waals surface area contributed by atoms with Gasteiger partial charge in [0.2, 0.25) is 5.95 Å². The zero-order chi connectivity index (χ0) is 17.8. The Morgan fingerprint density at radius 1 is 1.12 bits per heavy atom. The molecule has 26 heavy (non-hydrogen) atoms. The number of carbonyl (C=O) groups is 1. The van der Waals surface area contributed by atoms with Crippen LogP contribution in [0, 0.1) is 0 Å². The molecule has 8 nitrogen and oxygen atoms in total. The molecule has 2 N–H and O–H groups in total. The summed E-state index contributed by atoms with van der Waals surface area (Å²) in [5.74, 6) is 2.16. The van der Waals surface area contributed by atoms with Crippen LogP contribution < -0.4 is 24.6 Å². The Kier molecular flexibility index (Phi) is 4.83. The van der Waals surface area contributed by atoms with E-state index in [4.69, 9.17) is 9.47 Å². The number of piperazine rings is 1. The third-order valence-corrected chi connectivity index (χ3v) is 4.54. The Bertz CT molecular complexity index is 763. The molecule has 0 saturated carbocycles. The second kappa shape index (κ2) is 7.57. The third kappa shape index (κ3) is 3.85. The summed E-state index contributed by atoms with van der Waals surface area (Å²) in [6, 6.07) is 7.29. The van der Waals surface area contributed by atoms with Crippen LogP contribution in [0.3, 0.4) is 0 Å². The fraction of sp³-hybridized carbons (Fsp3) is 0.389. The van der Waals surface area contributed by atoms with Crippen molar-refractivity contribution >= 4 is 17.5 Å². The Labute approximate surface area is 151 Å². The zero-order valence-corrected chi connectivity index (χ0v) is 14.5. The first kappa shape index (κ1) is 16.6. The molecule has 1 saturated heterocycles. The summed E-state index contributed by atoms with van der Waals surface area (Å²) >= 11 is 0. The van der Waals surface area contributed by atoms with Gasteiger partial charge in [0.15, 0.2) is 18.0 Å². The molecule has 1 aromatic heterocycles. The average Bonchev–Trinajstić information content (AvgIpc) is 2.69. The molecule has 3 heterocycles. The van der Waals surface area contributed by atoms with Crippen molar-refractivity contribution in [2.24, 2.45) is 0 Å². The highest BCUT2D eigenvalue weighted by Crippen LogP contribution is 2.32. The molecule has 4 rings (SSSR count). The lowest BCUT2D eigenvalue weighted by atomic mass is 10.2. The van der Waals surface area contributed by atoms with Gasteiger partial charge in [0.25, 0.3) is 5.91 Å². The topological polar surface area (TPSA) is 81.0 Å². The molecule has 2 aliphatic heterocycles. The largest absolute Gasteiger partial charge is 0.486 e. The quantitative estimate of drug-likeness (QED) is 0.775. The van der Waals surface area contributed by atoms with E-state index in [0.29, 0.717) is 25.5 Å². The molecule has 0 bridgehead atoms.